The number of hydrogen-bond acceptors (Lipinski definition) is 9. The molecule has 226 valence electrons. The van der Waals surface area contributed by atoms with E-state index in [0.29, 0.717) is 67.7 Å². The third kappa shape index (κ3) is 5.91. The molecule has 1 N–H and O–H groups in total. The molecule has 6 rings (SSSR count). The van der Waals surface area contributed by atoms with Gasteiger partial charge in [-0.1, -0.05) is 29.8 Å². The molecule has 2 aromatic carbocycles. The number of piperazine rings is 1. The SMILES string of the molecule is COC(=O)C1=C(CN2CCN3C(=O)N(c4ccc(CCC#N)cc4)C[C@@H]3C2)NC(c2nccs2)=N[C@H]1c1ccc(F)cc1Cl. The summed E-state index contributed by atoms with van der Waals surface area (Å²) in [4.78, 5) is 41.7. The highest BCUT2D eigenvalue weighted by Gasteiger charge is 2.42. The van der Waals surface area contributed by atoms with E-state index in [2.05, 4.69) is 21.3 Å². The maximum Gasteiger partial charge on any atom is 0.338 e. The zero-order valence-corrected chi connectivity index (χ0v) is 25.4. The first kappa shape index (κ1) is 29.7. The molecule has 13 heteroatoms. The van der Waals surface area contributed by atoms with Gasteiger partial charge in [-0.25, -0.2) is 19.0 Å². The van der Waals surface area contributed by atoms with Crippen molar-refractivity contribution in [1.29, 1.82) is 5.26 Å². The molecule has 3 aliphatic heterocycles. The Bertz CT molecular complexity index is 1670. The number of nitriles is 1. The average Bonchev–Trinajstić information content (AvgIpc) is 3.68. The van der Waals surface area contributed by atoms with Crippen LogP contribution in [0.1, 0.15) is 28.6 Å². The Balaban J connectivity index is 1.26. The van der Waals surface area contributed by atoms with Gasteiger partial charge in [0.2, 0.25) is 0 Å². The van der Waals surface area contributed by atoms with Crippen LogP contribution >= 0.6 is 22.9 Å². The minimum Gasteiger partial charge on any atom is -0.466 e. The molecule has 44 heavy (non-hydrogen) atoms. The summed E-state index contributed by atoms with van der Waals surface area (Å²) in [7, 11) is 1.31. The lowest BCUT2D eigenvalue weighted by Crippen LogP contribution is -2.53. The second kappa shape index (κ2) is 12.7. The highest BCUT2D eigenvalue weighted by molar-refractivity contribution is 7.11. The number of amidine groups is 1. The van der Waals surface area contributed by atoms with Crippen LogP contribution < -0.4 is 10.2 Å². The van der Waals surface area contributed by atoms with Crippen molar-refractivity contribution in [2.45, 2.75) is 24.9 Å². The van der Waals surface area contributed by atoms with Crippen molar-refractivity contribution in [3.63, 3.8) is 0 Å². The molecule has 3 aromatic rings. The maximum absolute atomic E-state index is 14.0. The monoisotopic (exact) mass is 633 g/mol. The van der Waals surface area contributed by atoms with Crippen molar-refractivity contribution in [2.24, 2.45) is 4.99 Å². The van der Waals surface area contributed by atoms with Gasteiger partial charge in [0.05, 0.1) is 24.8 Å². The fraction of sp³-hybridized carbons (Fsp3) is 0.323. The minimum atomic E-state index is -0.841. The summed E-state index contributed by atoms with van der Waals surface area (Å²) in [6, 6.07) is 13.1. The second-order valence-electron chi connectivity index (χ2n) is 10.7. The predicted molar refractivity (Wildman–Crippen MR) is 165 cm³/mol. The highest BCUT2D eigenvalue weighted by Crippen LogP contribution is 2.37. The number of aliphatic imine (C=N–C) groups is 1. The topological polar surface area (TPSA) is 114 Å². The number of nitrogens with zero attached hydrogens (tertiary/aromatic N) is 6. The van der Waals surface area contributed by atoms with E-state index in [1.54, 1.807) is 11.1 Å². The van der Waals surface area contributed by atoms with Gasteiger partial charge in [0.15, 0.2) is 10.8 Å². The van der Waals surface area contributed by atoms with Gasteiger partial charge in [0.25, 0.3) is 0 Å². The van der Waals surface area contributed by atoms with Crippen LogP contribution in [0, 0.1) is 17.1 Å². The number of hydrogen-bond donors (Lipinski definition) is 1. The summed E-state index contributed by atoms with van der Waals surface area (Å²) in [5, 5.41) is 14.8. The number of aryl methyl sites for hydroxylation is 1. The van der Waals surface area contributed by atoms with E-state index >= 15 is 0 Å². The molecule has 2 fully saturated rings. The first-order chi connectivity index (χ1) is 21.4. The number of thiazole rings is 1. The molecule has 0 radical (unpaired) electrons. The molecular formula is C31H29ClFN7O3S. The number of amides is 2. The quantitative estimate of drug-likeness (QED) is 0.363. The van der Waals surface area contributed by atoms with E-state index in [1.807, 2.05) is 34.5 Å². The molecule has 2 amide bonds. The zero-order valence-electron chi connectivity index (χ0n) is 23.9. The van der Waals surface area contributed by atoms with Gasteiger partial charge in [0, 0.05) is 72.7 Å². The largest absolute Gasteiger partial charge is 0.466 e. The molecule has 0 bridgehead atoms. The van der Waals surface area contributed by atoms with Crippen LogP contribution in [0.3, 0.4) is 0 Å². The Labute approximate surface area is 263 Å². The zero-order chi connectivity index (χ0) is 30.8. The number of esters is 1. The second-order valence-corrected chi connectivity index (χ2v) is 12.0. The van der Waals surface area contributed by atoms with Crippen molar-refractivity contribution in [2.75, 3.05) is 44.7 Å². The third-order valence-electron chi connectivity index (χ3n) is 8.02. The summed E-state index contributed by atoms with van der Waals surface area (Å²) in [5.74, 6) is -0.584. The van der Waals surface area contributed by atoms with E-state index in [-0.39, 0.29) is 22.7 Å². The molecule has 0 saturated carbocycles. The lowest BCUT2D eigenvalue weighted by Gasteiger charge is -2.38. The highest BCUT2D eigenvalue weighted by atomic mass is 35.5. The van der Waals surface area contributed by atoms with Crippen molar-refractivity contribution in [3.8, 4) is 6.07 Å². The molecular weight excluding hydrogens is 605 g/mol. The van der Waals surface area contributed by atoms with E-state index in [1.165, 1.54) is 36.6 Å². The lowest BCUT2D eigenvalue weighted by atomic mass is 9.95. The van der Waals surface area contributed by atoms with Crippen LogP contribution in [0.4, 0.5) is 14.9 Å². The number of anilines is 1. The van der Waals surface area contributed by atoms with Crippen LogP contribution in [-0.4, -0.2) is 78.5 Å². The first-order valence-electron chi connectivity index (χ1n) is 14.1. The Morgan fingerprint density at radius 2 is 2.05 bits per heavy atom. The Morgan fingerprint density at radius 1 is 1.23 bits per heavy atom. The number of aromatic nitrogens is 1. The van der Waals surface area contributed by atoms with Crippen molar-refractivity contribution in [1.82, 2.24) is 20.1 Å². The summed E-state index contributed by atoms with van der Waals surface area (Å²) >= 11 is 7.87. The van der Waals surface area contributed by atoms with E-state index in [4.69, 9.17) is 26.6 Å². The maximum atomic E-state index is 14.0. The number of urea groups is 1. The lowest BCUT2D eigenvalue weighted by molar-refractivity contribution is -0.136. The van der Waals surface area contributed by atoms with Gasteiger partial charge in [0.1, 0.15) is 11.9 Å². The normalized spacial score (nSPS) is 20.2. The van der Waals surface area contributed by atoms with Crippen LogP contribution in [-0.2, 0) is 16.0 Å². The van der Waals surface area contributed by atoms with Gasteiger partial charge in [-0.15, -0.1) is 11.3 Å². The van der Waals surface area contributed by atoms with Gasteiger partial charge >= 0.3 is 12.0 Å². The van der Waals surface area contributed by atoms with E-state index < -0.39 is 17.8 Å². The Kier molecular flexibility index (Phi) is 8.61. The number of ether oxygens (including phenoxy) is 1. The molecule has 4 heterocycles. The van der Waals surface area contributed by atoms with Crippen molar-refractivity contribution < 1.29 is 18.7 Å². The number of carbonyl (C=O) groups excluding carboxylic acids is 2. The molecule has 2 atom stereocenters. The number of halogens is 2. The number of methoxy groups -OCH3 is 1. The van der Waals surface area contributed by atoms with Crippen molar-refractivity contribution >= 4 is 46.5 Å². The van der Waals surface area contributed by atoms with Crippen LogP contribution in [0.5, 0.6) is 0 Å². The number of benzene rings is 2. The van der Waals surface area contributed by atoms with Crippen LogP contribution in [0.2, 0.25) is 5.02 Å². The predicted octanol–water partition coefficient (Wildman–Crippen LogP) is 4.54. The molecule has 10 nitrogen and oxygen atoms in total. The molecule has 0 aliphatic carbocycles. The minimum absolute atomic E-state index is 0.0334. The van der Waals surface area contributed by atoms with Crippen LogP contribution in [0.25, 0.3) is 0 Å². The fourth-order valence-electron chi connectivity index (χ4n) is 5.87. The smallest absolute Gasteiger partial charge is 0.338 e. The molecule has 0 spiro atoms. The molecule has 1 aromatic heterocycles. The van der Waals surface area contributed by atoms with E-state index in [9.17, 15) is 14.0 Å². The third-order valence-corrected chi connectivity index (χ3v) is 9.12. The van der Waals surface area contributed by atoms with Gasteiger partial charge in [-0.3, -0.25) is 14.8 Å². The number of nitrogens with one attached hydrogen (secondary N) is 1. The Hall–Kier alpha value is -4.31. The van der Waals surface area contributed by atoms with E-state index in [0.717, 1.165) is 11.3 Å². The summed E-state index contributed by atoms with van der Waals surface area (Å²) in [6.07, 6.45) is 2.80. The number of carbonyl (C=O) groups is 2. The van der Waals surface area contributed by atoms with Gasteiger partial charge in [-0.05, 0) is 36.2 Å². The first-order valence-corrected chi connectivity index (χ1v) is 15.4. The molecule has 3 aliphatic rings. The number of fused-ring (bicyclic) bond motifs is 1. The molecule has 0 unspecified atom stereocenters. The average molecular weight is 634 g/mol. The van der Waals surface area contributed by atoms with Crippen LogP contribution in [0.15, 0.2) is 70.3 Å². The fourth-order valence-corrected chi connectivity index (χ4v) is 6.72. The summed E-state index contributed by atoms with van der Waals surface area (Å²) < 4.78 is 19.2. The number of rotatable bonds is 8. The van der Waals surface area contributed by atoms with Gasteiger partial charge < -0.3 is 15.0 Å². The standard InChI is InChI=1S/C31H29ClFN7O3S/c1-43-30(41)26-25(36-28(29-35-11-14-44-29)37-27(26)23-9-6-20(33)15-24(23)32)18-38-12-13-39-22(16-38)17-40(31(39)42)21-7-4-19(5-8-21)3-2-10-34/h4-9,11,14-15,22,27H,2-3,12-13,16-18H2,1H3,(H,36,37)/t22-,27-/m0/s1. The summed E-state index contributed by atoms with van der Waals surface area (Å²) in [6.45, 7) is 2.60. The van der Waals surface area contributed by atoms with Crippen molar-refractivity contribution in [3.05, 3.63) is 92.3 Å². The molecule has 2 saturated heterocycles. The Morgan fingerprint density at radius 3 is 2.75 bits per heavy atom. The van der Waals surface area contributed by atoms with Gasteiger partial charge in [-0.2, -0.15) is 5.26 Å². The summed E-state index contributed by atoms with van der Waals surface area (Å²) in [5.41, 5.74) is 3.22.